The Balaban J connectivity index is 1.39. The first kappa shape index (κ1) is 21.5. The van der Waals surface area contributed by atoms with Gasteiger partial charge in [-0.05, 0) is 61.9 Å². The Kier molecular flexibility index (Phi) is 5.97. The highest BCUT2D eigenvalue weighted by Gasteiger charge is 2.37. The quantitative estimate of drug-likeness (QED) is 0.460. The van der Waals surface area contributed by atoms with Gasteiger partial charge in [0.25, 0.3) is 0 Å². The molecule has 2 heterocycles. The van der Waals surface area contributed by atoms with E-state index in [1.54, 1.807) is 13.2 Å². The van der Waals surface area contributed by atoms with Gasteiger partial charge in [0, 0.05) is 11.5 Å². The zero-order valence-corrected chi connectivity index (χ0v) is 19.0. The maximum absolute atomic E-state index is 14.5. The van der Waals surface area contributed by atoms with E-state index in [0.29, 0.717) is 40.7 Å². The lowest BCUT2D eigenvalue weighted by molar-refractivity contribution is 0.234. The Bertz CT molecular complexity index is 1150. The maximum Gasteiger partial charge on any atom is 0.166 e. The third kappa shape index (κ3) is 4.05. The second kappa shape index (κ2) is 8.89. The molecule has 0 amide bonds. The summed E-state index contributed by atoms with van der Waals surface area (Å²) in [6, 6.07) is 6.68. The summed E-state index contributed by atoms with van der Waals surface area (Å²) in [6.07, 6.45) is 3.81. The molecule has 168 valence electrons. The van der Waals surface area contributed by atoms with Crippen LogP contribution in [0.15, 0.2) is 30.6 Å². The van der Waals surface area contributed by atoms with Crippen LogP contribution >= 0.6 is 23.2 Å². The second-order valence-electron chi connectivity index (χ2n) is 8.42. The van der Waals surface area contributed by atoms with Crippen molar-refractivity contribution in [2.24, 2.45) is 17.8 Å². The summed E-state index contributed by atoms with van der Waals surface area (Å²) in [7, 11) is 1.59. The van der Waals surface area contributed by atoms with Crippen LogP contribution in [0.5, 0.6) is 11.5 Å². The zero-order valence-electron chi connectivity index (χ0n) is 17.5. The molecule has 0 radical (unpaired) electrons. The minimum absolute atomic E-state index is 0.143. The van der Waals surface area contributed by atoms with Crippen molar-refractivity contribution >= 4 is 45.6 Å². The van der Waals surface area contributed by atoms with E-state index in [2.05, 4.69) is 20.6 Å². The Hall–Kier alpha value is -2.35. The summed E-state index contributed by atoms with van der Waals surface area (Å²) in [5.74, 6) is 3.08. The molecule has 1 aliphatic carbocycles. The van der Waals surface area contributed by atoms with Gasteiger partial charge in [0.2, 0.25) is 0 Å². The number of benzene rings is 2. The SMILES string of the molecule is COc1cc2c(Nc3ccc(Cl)c(Cl)c3F)ncnc2cc1OC[C@@H]1C[C@H]2CNC[C@H]2C1. The molecule has 6 nitrogen and oxygen atoms in total. The summed E-state index contributed by atoms with van der Waals surface area (Å²) in [5, 5.41) is 7.13. The van der Waals surface area contributed by atoms with Crippen molar-refractivity contribution in [3.63, 3.8) is 0 Å². The predicted molar refractivity (Wildman–Crippen MR) is 124 cm³/mol. The standard InChI is InChI=1S/C23H23Cl2FN4O2/c1-31-19-6-15-18(7-20(19)32-10-12-4-13-8-27-9-14(13)5-12)28-11-29-23(15)30-17-3-2-16(24)21(25)22(17)26/h2-3,6-7,11-14,27H,4-5,8-10H2,1H3,(H,28,29,30)/t12-,13+,14-. The van der Waals surface area contributed by atoms with Crippen molar-refractivity contribution in [1.82, 2.24) is 15.3 Å². The minimum atomic E-state index is -0.644. The minimum Gasteiger partial charge on any atom is -0.493 e. The maximum atomic E-state index is 14.5. The smallest absolute Gasteiger partial charge is 0.166 e. The van der Waals surface area contributed by atoms with Crippen LogP contribution in [0.4, 0.5) is 15.9 Å². The molecule has 1 saturated heterocycles. The van der Waals surface area contributed by atoms with Crippen LogP contribution in [0.2, 0.25) is 10.0 Å². The number of aromatic nitrogens is 2. The average molecular weight is 477 g/mol. The number of fused-ring (bicyclic) bond motifs is 2. The normalized spacial score (nSPS) is 22.2. The fourth-order valence-electron chi connectivity index (χ4n) is 4.82. The van der Waals surface area contributed by atoms with E-state index in [0.717, 1.165) is 24.9 Å². The van der Waals surface area contributed by atoms with Crippen LogP contribution in [-0.2, 0) is 0 Å². The van der Waals surface area contributed by atoms with Crippen LogP contribution in [0.25, 0.3) is 10.9 Å². The molecule has 0 spiro atoms. The molecule has 2 aliphatic rings. The summed E-state index contributed by atoms with van der Waals surface area (Å²) in [5.41, 5.74) is 0.825. The van der Waals surface area contributed by atoms with Gasteiger partial charge in [-0.25, -0.2) is 14.4 Å². The van der Waals surface area contributed by atoms with Gasteiger partial charge in [0.05, 0.1) is 35.0 Å². The number of nitrogens with one attached hydrogen (secondary N) is 2. The molecule has 9 heteroatoms. The molecule has 32 heavy (non-hydrogen) atoms. The van der Waals surface area contributed by atoms with E-state index >= 15 is 0 Å². The van der Waals surface area contributed by atoms with E-state index in [4.69, 9.17) is 32.7 Å². The van der Waals surface area contributed by atoms with Gasteiger partial charge in [-0.3, -0.25) is 0 Å². The number of nitrogens with zero attached hydrogens (tertiary/aromatic N) is 2. The molecule has 1 aliphatic heterocycles. The Morgan fingerprint density at radius 2 is 1.91 bits per heavy atom. The molecule has 5 rings (SSSR count). The number of anilines is 2. The molecule has 3 aromatic rings. The van der Waals surface area contributed by atoms with Crippen LogP contribution in [0.1, 0.15) is 12.8 Å². The van der Waals surface area contributed by atoms with Gasteiger partial charge in [0.15, 0.2) is 17.3 Å². The first-order valence-electron chi connectivity index (χ1n) is 10.6. The number of halogens is 3. The molecule has 0 bridgehead atoms. The average Bonchev–Trinajstić information content (AvgIpc) is 3.39. The molecule has 2 N–H and O–H groups in total. The van der Waals surface area contributed by atoms with Gasteiger partial charge in [-0.2, -0.15) is 0 Å². The van der Waals surface area contributed by atoms with Crippen LogP contribution in [0, 0.1) is 23.6 Å². The van der Waals surface area contributed by atoms with Crippen molar-refractivity contribution in [3.8, 4) is 11.5 Å². The molecule has 1 aromatic heterocycles. The Labute approximate surface area is 195 Å². The zero-order chi connectivity index (χ0) is 22.2. The van der Waals surface area contributed by atoms with E-state index < -0.39 is 5.82 Å². The third-order valence-electron chi connectivity index (χ3n) is 6.44. The fourth-order valence-corrected chi connectivity index (χ4v) is 5.13. The van der Waals surface area contributed by atoms with Gasteiger partial charge in [-0.1, -0.05) is 23.2 Å². The summed E-state index contributed by atoms with van der Waals surface area (Å²) >= 11 is 11.8. The van der Waals surface area contributed by atoms with E-state index in [-0.39, 0.29) is 15.7 Å². The van der Waals surface area contributed by atoms with Gasteiger partial charge < -0.3 is 20.1 Å². The number of hydrogen-bond donors (Lipinski definition) is 2. The topological polar surface area (TPSA) is 68.3 Å². The lowest BCUT2D eigenvalue weighted by Gasteiger charge is -2.17. The Morgan fingerprint density at radius 3 is 2.66 bits per heavy atom. The molecule has 2 aromatic carbocycles. The van der Waals surface area contributed by atoms with Gasteiger partial charge in [-0.15, -0.1) is 0 Å². The highest BCUT2D eigenvalue weighted by atomic mass is 35.5. The molecular formula is C23H23Cl2FN4O2. The predicted octanol–water partition coefficient (Wildman–Crippen LogP) is 5.45. The van der Waals surface area contributed by atoms with Gasteiger partial charge in [0.1, 0.15) is 12.1 Å². The summed E-state index contributed by atoms with van der Waals surface area (Å²) in [4.78, 5) is 8.64. The molecule has 0 unspecified atom stereocenters. The van der Waals surface area contributed by atoms with Crippen molar-refractivity contribution in [1.29, 1.82) is 0 Å². The first-order chi connectivity index (χ1) is 15.5. The van der Waals surface area contributed by atoms with Crippen molar-refractivity contribution in [2.45, 2.75) is 12.8 Å². The van der Waals surface area contributed by atoms with Crippen molar-refractivity contribution < 1.29 is 13.9 Å². The Morgan fingerprint density at radius 1 is 1.12 bits per heavy atom. The van der Waals surface area contributed by atoms with Crippen LogP contribution < -0.4 is 20.1 Å². The molecule has 2 fully saturated rings. The number of methoxy groups -OCH3 is 1. The monoisotopic (exact) mass is 476 g/mol. The largest absolute Gasteiger partial charge is 0.493 e. The highest BCUT2D eigenvalue weighted by Crippen LogP contribution is 2.40. The number of ether oxygens (including phenoxy) is 2. The van der Waals surface area contributed by atoms with E-state index in [9.17, 15) is 4.39 Å². The lowest BCUT2D eigenvalue weighted by Crippen LogP contribution is -2.15. The van der Waals surface area contributed by atoms with Crippen molar-refractivity contribution in [2.75, 3.05) is 32.1 Å². The lowest BCUT2D eigenvalue weighted by atomic mass is 10.0. The third-order valence-corrected chi connectivity index (χ3v) is 7.22. The van der Waals surface area contributed by atoms with E-state index in [1.807, 2.05) is 6.07 Å². The van der Waals surface area contributed by atoms with Crippen LogP contribution in [0.3, 0.4) is 0 Å². The second-order valence-corrected chi connectivity index (χ2v) is 9.20. The molecule has 1 saturated carbocycles. The summed E-state index contributed by atoms with van der Waals surface area (Å²) in [6.45, 7) is 2.89. The van der Waals surface area contributed by atoms with E-state index in [1.165, 1.54) is 31.3 Å². The first-order valence-corrected chi connectivity index (χ1v) is 11.4. The summed E-state index contributed by atoms with van der Waals surface area (Å²) < 4.78 is 26.3. The van der Waals surface area contributed by atoms with Gasteiger partial charge >= 0.3 is 0 Å². The van der Waals surface area contributed by atoms with Crippen LogP contribution in [-0.4, -0.2) is 36.8 Å². The molecular weight excluding hydrogens is 454 g/mol. The van der Waals surface area contributed by atoms with Crippen molar-refractivity contribution in [3.05, 3.63) is 46.5 Å². The fraction of sp³-hybridized carbons (Fsp3) is 0.391. The number of rotatable bonds is 6. The molecule has 3 atom stereocenters. The highest BCUT2D eigenvalue weighted by molar-refractivity contribution is 6.42. The number of hydrogen-bond acceptors (Lipinski definition) is 6.